The molecule has 2 N–H and O–H groups in total. The molecule has 0 aliphatic carbocycles. The minimum absolute atomic E-state index is 0.137. The molecule has 1 fully saturated rings. The van der Waals surface area contributed by atoms with Gasteiger partial charge in [0.05, 0.1) is 0 Å². The first-order valence-corrected chi connectivity index (χ1v) is 10.9. The number of nitrogens with one attached hydrogen (secondary N) is 2. The van der Waals surface area contributed by atoms with Crippen LogP contribution in [0.5, 0.6) is 0 Å². The molecule has 1 aromatic carbocycles. The Morgan fingerprint density at radius 3 is 2.83 bits per heavy atom. The first-order chi connectivity index (χ1) is 14.2. The number of anilines is 1. The third-order valence-electron chi connectivity index (χ3n) is 5.33. The van der Waals surface area contributed by atoms with Crippen molar-refractivity contribution in [2.24, 2.45) is 0 Å². The zero-order valence-electron chi connectivity index (χ0n) is 16.7. The summed E-state index contributed by atoms with van der Waals surface area (Å²) in [7, 11) is 2.14. The number of aromatic nitrogens is 1. The summed E-state index contributed by atoms with van der Waals surface area (Å²) in [5.74, 6) is 0.988. The fourth-order valence-electron chi connectivity index (χ4n) is 3.56. The quantitative estimate of drug-likeness (QED) is 0.657. The molecule has 1 aliphatic heterocycles. The summed E-state index contributed by atoms with van der Waals surface area (Å²) >= 11 is 1.75. The summed E-state index contributed by atoms with van der Waals surface area (Å²) in [6, 6.07) is 12.3. The molecule has 0 saturated carbocycles. The molecule has 7 heteroatoms. The first-order valence-electron chi connectivity index (χ1n) is 10.0. The fourth-order valence-corrected chi connectivity index (χ4v) is 4.56. The van der Waals surface area contributed by atoms with Crippen molar-refractivity contribution >= 4 is 33.3 Å². The Balaban J connectivity index is 1.24. The van der Waals surface area contributed by atoms with E-state index in [-0.39, 0.29) is 6.03 Å². The smallest absolute Gasteiger partial charge is 0.315 e. The number of pyridine rings is 1. The Kier molecular flexibility index (Phi) is 6.27. The minimum Gasteiger partial charge on any atom is -0.354 e. The van der Waals surface area contributed by atoms with Crippen molar-refractivity contribution in [2.75, 3.05) is 44.7 Å². The van der Waals surface area contributed by atoms with Crippen LogP contribution in [0.4, 0.5) is 10.6 Å². The molecule has 0 atom stereocenters. The van der Waals surface area contributed by atoms with E-state index in [0.29, 0.717) is 13.1 Å². The van der Waals surface area contributed by atoms with Gasteiger partial charge in [-0.15, -0.1) is 11.3 Å². The molecule has 0 radical (unpaired) electrons. The zero-order chi connectivity index (χ0) is 20.1. The van der Waals surface area contributed by atoms with Gasteiger partial charge in [0, 0.05) is 50.2 Å². The largest absolute Gasteiger partial charge is 0.354 e. The molecular formula is C22H27N5OS. The monoisotopic (exact) mass is 409 g/mol. The Morgan fingerprint density at radius 1 is 1.14 bits per heavy atom. The van der Waals surface area contributed by atoms with Crippen LogP contribution < -0.4 is 15.5 Å². The van der Waals surface area contributed by atoms with E-state index in [1.165, 1.54) is 15.6 Å². The van der Waals surface area contributed by atoms with Crippen LogP contribution >= 0.6 is 11.3 Å². The Labute approximate surface area is 175 Å². The van der Waals surface area contributed by atoms with Gasteiger partial charge >= 0.3 is 6.03 Å². The van der Waals surface area contributed by atoms with Crippen LogP contribution in [0.1, 0.15) is 11.1 Å². The molecule has 3 aromatic rings. The molecule has 3 heterocycles. The maximum atomic E-state index is 12.2. The number of likely N-dealkylation sites (N-methyl/N-ethyl adjacent to an activating group) is 1. The van der Waals surface area contributed by atoms with Crippen molar-refractivity contribution in [2.45, 2.75) is 13.0 Å². The van der Waals surface area contributed by atoms with Crippen LogP contribution in [-0.4, -0.2) is 55.7 Å². The number of fused-ring (bicyclic) bond motifs is 1. The van der Waals surface area contributed by atoms with Crippen LogP contribution in [0.15, 0.2) is 48.0 Å². The number of amides is 2. The van der Waals surface area contributed by atoms with E-state index in [2.05, 4.69) is 68.2 Å². The lowest BCUT2D eigenvalue weighted by Gasteiger charge is -2.33. The van der Waals surface area contributed by atoms with Crippen LogP contribution in [0, 0.1) is 0 Å². The van der Waals surface area contributed by atoms with Crippen molar-refractivity contribution < 1.29 is 4.79 Å². The predicted octanol–water partition coefficient (Wildman–Crippen LogP) is 3.09. The van der Waals surface area contributed by atoms with Crippen molar-refractivity contribution in [3.8, 4) is 0 Å². The third kappa shape index (κ3) is 5.05. The van der Waals surface area contributed by atoms with E-state index in [9.17, 15) is 4.79 Å². The third-order valence-corrected chi connectivity index (χ3v) is 6.34. The van der Waals surface area contributed by atoms with Crippen LogP contribution in [0.2, 0.25) is 0 Å². The van der Waals surface area contributed by atoms with Gasteiger partial charge in [0.25, 0.3) is 0 Å². The summed E-state index contributed by atoms with van der Waals surface area (Å²) in [4.78, 5) is 21.3. The Bertz CT molecular complexity index is 965. The first kappa shape index (κ1) is 19.7. The molecule has 2 aromatic heterocycles. The molecule has 152 valence electrons. The molecule has 1 saturated heterocycles. The molecule has 0 bridgehead atoms. The lowest BCUT2D eigenvalue weighted by molar-refractivity contribution is 0.240. The van der Waals surface area contributed by atoms with E-state index >= 15 is 0 Å². The van der Waals surface area contributed by atoms with Crippen LogP contribution in [0.3, 0.4) is 0 Å². The molecule has 1 aliphatic rings. The maximum absolute atomic E-state index is 12.2. The van der Waals surface area contributed by atoms with Crippen molar-refractivity contribution in [1.29, 1.82) is 0 Å². The average Bonchev–Trinajstić information content (AvgIpc) is 3.16. The second-order valence-electron chi connectivity index (χ2n) is 7.43. The zero-order valence-corrected chi connectivity index (χ0v) is 17.5. The molecule has 29 heavy (non-hydrogen) atoms. The van der Waals surface area contributed by atoms with Crippen molar-refractivity contribution in [3.05, 3.63) is 59.1 Å². The Hall–Kier alpha value is -2.64. The number of thiophene rings is 1. The second kappa shape index (κ2) is 9.24. The molecule has 0 spiro atoms. The van der Waals surface area contributed by atoms with Gasteiger partial charge in [0.2, 0.25) is 0 Å². The van der Waals surface area contributed by atoms with Gasteiger partial charge in [0.1, 0.15) is 5.82 Å². The van der Waals surface area contributed by atoms with Crippen molar-refractivity contribution in [3.63, 3.8) is 0 Å². The molecule has 0 unspecified atom stereocenters. The molecule has 4 rings (SSSR count). The highest BCUT2D eigenvalue weighted by Gasteiger charge is 2.15. The number of hydrogen-bond donors (Lipinski definition) is 2. The Morgan fingerprint density at radius 2 is 1.97 bits per heavy atom. The van der Waals surface area contributed by atoms with E-state index in [1.807, 2.05) is 12.3 Å². The summed E-state index contributed by atoms with van der Waals surface area (Å²) in [6.45, 7) is 5.18. The average molecular weight is 410 g/mol. The standard InChI is InChI=1S/C22H27N5OS/c1-26-10-12-27(13-11-26)21-14-17(6-8-23-21)15-25-22(28)24-9-7-18-16-29-20-5-3-2-4-19(18)20/h2-6,8,14,16H,7,9-13,15H2,1H3,(H2,24,25,28). The van der Waals surface area contributed by atoms with Gasteiger partial charge in [-0.2, -0.15) is 0 Å². The summed E-state index contributed by atoms with van der Waals surface area (Å²) in [6.07, 6.45) is 2.66. The summed E-state index contributed by atoms with van der Waals surface area (Å²) in [5, 5.41) is 9.38. The number of carbonyl (C=O) groups excluding carboxylic acids is 1. The topological polar surface area (TPSA) is 60.5 Å². The number of urea groups is 1. The van der Waals surface area contributed by atoms with E-state index in [4.69, 9.17) is 0 Å². The second-order valence-corrected chi connectivity index (χ2v) is 8.34. The molecule has 6 nitrogen and oxygen atoms in total. The SMILES string of the molecule is CN1CCN(c2cc(CNC(=O)NCCc3csc4ccccc34)ccn2)CC1. The summed E-state index contributed by atoms with van der Waals surface area (Å²) in [5.41, 5.74) is 2.35. The van der Waals surface area contributed by atoms with E-state index in [1.54, 1.807) is 11.3 Å². The van der Waals surface area contributed by atoms with Crippen molar-refractivity contribution in [1.82, 2.24) is 20.5 Å². The maximum Gasteiger partial charge on any atom is 0.315 e. The van der Waals surface area contributed by atoms with Gasteiger partial charge < -0.3 is 20.4 Å². The number of piperazine rings is 1. The summed E-state index contributed by atoms with van der Waals surface area (Å²) < 4.78 is 1.29. The van der Waals surface area contributed by atoms with E-state index < -0.39 is 0 Å². The number of nitrogens with zero attached hydrogens (tertiary/aromatic N) is 3. The lowest BCUT2D eigenvalue weighted by atomic mass is 10.1. The number of carbonyl (C=O) groups is 1. The molecule has 2 amide bonds. The van der Waals surface area contributed by atoms with Gasteiger partial charge in [-0.1, -0.05) is 18.2 Å². The lowest BCUT2D eigenvalue weighted by Crippen LogP contribution is -2.44. The highest BCUT2D eigenvalue weighted by Crippen LogP contribution is 2.25. The van der Waals surface area contributed by atoms with Crippen LogP contribution in [-0.2, 0) is 13.0 Å². The number of benzene rings is 1. The minimum atomic E-state index is -0.137. The van der Waals surface area contributed by atoms with Gasteiger partial charge in [-0.25, -0.2) is 9.78 Å². The number of hydrogen-bond acceptors (Lipinski definition) is 5. The fraction of sp³-hybridized carbons (Fsp3) is 0.364. The van der Waals surface area contributed by atoms with E-state index in [0.717, 1.165) is 44.0 Å². The van der Waals surface area contributed by atoms with Gasteiger partial charge in [-0.05, 0) is 53.6 Å². The number of rotatable bonds is 6. The predicted molar refractivity (Wildman–Crippen MR) is 120 cm³/mol. The highest BCUT2D eigenvalue weighted by molar-refractivity contribution is 7.17. The van der Waals surface area contributed by atoms with Gasteiger partial charge in [-0.3, -0.25) is 0 Å². The molecular weight excluding hydrogens is 382 g/mol. The highest BCUT2D eigenvalue weighted by atomic mass is 32.1. The van der Waals surface area contributed by atoms with Crippen LogP contribution in [0.25, 0.3) is 10.1 Å². The van der Waals surface area contributed by atoms with Gasteiger partial charge in [0.15, 0.2) is 0 Å². The normalized spacial score (nSPS) is 14.9.